The monoisotopic (exact) mass is 296 g/mol. The zero-order valence-corrected chi connectivity index (χ0v) is 10.9. The van der Waals surface area contributed by atoms with E-state index >= 15 is 0 Å². The number of carboxylic acid groups (broad SMARTS) is 1. The van der Waals surface area contributed by atoms with E-state index in [1.807, 2.05) is 0 Å². The molecule has 2 N–H and O–H groups in total. The van der Waals surface area contributed by atoms with Crippen molar-refractivity contribution in [1.29, 1.82) is 0 Å². The fraction of sp³-hybridized carbons (Fsp3) is 0.417. The maximum Gasteiger partial charge on any atom is 0.416 e. The van der Waals surface area contributed by atoms with E-state index in [4.69, 9.17) is 16.7 Å². The van der Waals surface area contributed by atoms with Gasteiger partial charge >= 0.3 is 12.1 Å². The van der Waals surface area contributed by atoms with Gasteiger partial charge < -0.3 is 10.2 Å². The molecule has 0 heterocycles. The molecule has 0 aromatic heterocycles. The number of hydrogen-bond acceptors (Lipinski definition) is 2. The number of rotatable bonds is 3. The lowest BCUT2D eigenvalue weighted by Gasteiger charge is -2.22. The molecule has 106 valence electrons. The molecule has 1 rings (SSSR count). The highest BCUT2D eigenvalue weighted by Crippen LogP contribution is 2.39. The van der Waals surface area contributed by atoms with Gasteiger partial charge in [-0.05, 0) is 38.0 Å². The fourth-order valence-corrected chi connectivity index (χ4v) is 1.75. The normalized spacial score (nSPS) is 12.5. The molecule has 0 amide bonds. The molecule has 0 bridgehead atoms. The molecule has 3 nitrogen and oxygen atoms in total. The van der Waals surface area contributed by atoms with Crippen LogP contribution in [0, 0.1) is 5.41 Å². The molecule has 0 spiro atoms. The number of aromatic hydroxyl groups is 1. The van der Waals surface area contributed by atoms with Gasteiger partial charge in [-0.15, -0.1) is 0 Å². The average molecular weight is 297 g/mol. The van der Waals surface area contributed by atoms with E-state index < -0.39 is 28.9 Å². The predicted molar refractivity (Wildman–Crippen MR) is 63.2 cm³/mol. The van der Waals surface area contributed by atoms with Gasteiger partial charge in [0.1, 0.15) is 5.75 Å². The molecule has 7 heteroatoms. The Hall–Kier alpha value is -1.43. The molecule has 0 atom stereocenters. The maximum atomic E-state index is 12.8. The van der Waals surface area contributed by atoms with E-state index in [0.717, 1.165) is 6.07 Å². The minimum absolute atomic E-state index is 0.246. The Morgan fingerprint density at radius 3 is 2.26 bits per heavy atom. The minimum atomic E-state index is -4.69. The number of carbonyl (C=O) groups is 1. The molecular weight excluding hydrogens is 285 g/mol. The molecule has 0 saturated carbocycles. The molecule has 0 unspecified atom stereocenters. The Balaban J connectivity index is 3.34. The summed E-state index contributed by atoms with van der Waals surface area (Å²) in [6.07, 6.45) is -5.04. The van der Waals surface area contributed by atoms with Gasteiger partial charge in [0, 0.05) is 0 Å². The first-order valence-electron chi connectivity index (χ1n) is 5.27. The summed E-state index contributed by atoms with van der Waals surface area (Å²) < 4.78 is 38.5. The molecule has 0 saturated heterocycles. The van der Waals surface area contributed by atoms with Gasteiger partial charge in [0.25, 0.3) is 0 Å². The highest BCUT2D eigenvalue weighted by Gasteiger charge is 2.37. The number of carboxylic acids is 1. The van der Waals surface area contributed by atoms with Crippen LogP contribution in [0.2, 0.25) is 5.02 Å². The topological polar surface area (TPSA) is 57.5 Å². The van der Waals surface area contributed by atoms with Crippen LogP contribution >= 0.6 is 11.6 Å². The number of alkyl halides is 3. The standard InChI is InChI=1S/C12H12ClF3O3/c1-11(2,10(18)19)5-6-3-8(13)9(17)4-7(6)12(14,15)16/h3-4,17H,5H2,1-2H3,(H,18,19). The zero-order chi connectivity index (χ0) is 15.0. The summed E-state index contributed by atoms with van der Waals surface area (Å²) in [6.45, 7) is 2.63. The van der Waals surface area contributed by atoms with Crippen molar-refractivity contribution in [3.63, 3.8) is 0 Å². The number of benzene rings is 1. The molecule has 0 radical (unpaired) electrons. The molecule has 0 aliphatic heterocycles. The van der Waals surface area contributed by atoms with Crippen molar-refractivity contribution in [2.24, 2.45) is 5.41 Å². The Morgan fingerprint density at radius 2 is 1.84 bits per heavy atom. The zero-order valence-electron chi connectivity index (χ0n) is 10.2. The van der Waals surface area contributed by atoms with Gasteiger partial charge in [-0.1, -0.05) is 11.6 Å². The van der Waals surface area contributed by atoms with E-state index in [9.17, 15) is 23.1 Å². The summed E-state index contributed by atoms with van der Waals surface area (Å²) in [4.78, 5) is 11.0. The number of phenols is 1. The first-order chi connectivity index (χ1) is 8.45. The fourth-order valence-electron chi connectivity index (χ4n) is 1.56. The van der Waals surface area contributed by atoms with Gasteiger partial charge in [-0.3, -0.25) is 4.79 Å². The van der Waals surface area contributed by atoms with Gasteiger partial charge in [0.15, 0.2) is 0 Å². The molecule has 0 aliphatic rings. The van der Waals surface area contributed by atoms with E-state index in [-0.39, 0.29) is 17.0 Å². The van der Waals surface area contributed by atoms with Crippen LogP contribution in [0.5, 0.6) is 5.75 Å². The van der Waals surface area contributed by atoms with Crippen molar-refractivity contribution in [1.82, 2.24) is 0 Å². The Bertz CT molecular complexity index is 510. The Kier molecular flexibility index (Phi) is 4.05. The summed E-state index contributed by atoms with van der Waals surface area (Å²) in [7, 11) is 0. The smallest absolute Gasteiger partial charge is 0.416 e. The van der Waals surface area contributed by atoms with Crippen molar-refractivity contribution in [2.75, 3.05) is 0 Å². The second kappa shape index (κ2) is 4.92. The molecule has 1 aromatic rings. The molecule has 0 aliphatic carbocycles. The third-order valence-electron chi connectivity index (χ3n) is 2.69. The molecule has 0 fully saturated rings. The van der Waals surface area contributed by atoms with E-state index in [1.54, 1.807) is 0 Å². The van der Waals surface area contributed by atoms with Crippen LogP contribution < -0.4 is 0 Å². The number of phenolic OH excluding ortho intramolecular Hbond substituents is 1. The van der Waals surface area contributed by atoms with Crippen LogP contribution in [0.3, 0.4) is 0 Å². The molecule has 19 heavy (non-hydrogen) atoms. The van der Waals surface area contributed by atoms with Crippen molar-refractivity contribution in [3.8, 4) is 5.75 Å². The van der Waals surface area contributed by atoms with Crippen molar-refractivity contribution in [3.05, 3.63) is 28.3 Å². The van der Waals surface area contributed by atoms with Crippen molar-refractivity contribution < 1.29 is 28.2 Å². The van der Waals surface area contributed by atoms with Crippen LogP contribution in [0.4, 0.5) is 13.2 Å². The third kappa shape index (κ3) is 3.53. The second-order valence-corrected chi connectivity index (χ2v) is 5.23. The summed E-state index contributed by atoms with van der Waals surface area (Å²) in [5.74, 6) is -1.91. The maximum absolute atomic E-state index is 12.8. The van der Waals surface area contributed by atoms with Crippen LogP contribution in [-0.2, 0) is 17.4 Å². The van der Waals surface area contributed by atoms with E-state index in [0.29, 0.717) is 6.07 Å². The van der Waals surface area contributed by atoms with Gasteiger partial charge in [0.05, 0.1) is 16.0 Å². The molecular formula is C12H12ClF3O3. The summed E-state index contributed by atoms with van der Waals surface area (Å²) in [5, 5.41) is 18.0. The predicted octanol–water partition coefficient (Wildman–Crippen LogP) is 3.72. The van der Waals surface area contributed by atoms with Crippen LogP contribution in [0.25, 0.3) is 0 Å². The van der Waals surface area contributed by atoms with Gasteiger partial charge in [0.2, 0.25) is 0 Å². The van der Waals surface area contributed by atoms with Crippen molar-refractivity contribution in [2.45, 2.75) is 26.4 Å². The summed E-state index contributed by atoms with van der Waals surface area (Å²) >= 11 is 5.58. The Morgan fingerprint density at radius 1 is 1.32 bits per heavy atom. The quantitative estimate of drug-likeness (QED) is 0.894. The van der Waals surface area contributed by atoms with Crippen LogP contribution in [-0.4, -0.2) is 16.2 Å². The lowest BCUT2D eigenvalue weighted by molar-refractivity contribution is -0.148. The lowest BCUT2D eigenvalue weighted by atomic mass is 9.84. The van der Waals surface area contributed by atoms with Gasteiger partial charge in [-0.25, -0.2) is 0 Å². The van der Waals surface area contributed by atoms with Gasteiger partial charge in [-0.2, -0.15) is 13.2 Å². The number of aliphatic carboxylic acids is 1. The third-order valence-corrected chi connectivity index (χ3v) is 2.99. The number of hydrogen-bond donors (Lipinski definition) is 2. The average Bonchev–Trinajstić information content (AvgIpc) is 2.20. The minimum Gasteiger partial charge on any atom is -0.506 e. The van der Waals surface area contributed by atoms with Crippen molar-refractivity contribution >= 4 is 17.6 Å². The molecule has 1 aromatic carbocycles. The summed E-state index contributed by atoms with van der Waals surface area (Å²) in [6, 6.07) is 1.46. The second-order valence-electron chi connectivity index (χ2n) is 4.82. The lowest BCUT2D eigenvalue weighted by Crippen LogP contribution is -2.27. The van der Waals surface area contributed by atoms with Crippen LogP contribution in [0.15, 0.2) is 12.1 Å². The van der Waals surface area contributed by atoms with E-state index in [1.165, 1.54) is 13.8 Å². The largest absolute Gasteiger partial charge is 0.506 e. The highest BCUT2D eigenvalue weighted by molar-refractivity contribution is 6.32. The highest BCUT2D eigenvalue weighted by atomic mass is 35.5. The first kappa shape index (κ1) is 15.6. The summed E-state index contributed by atoms with van der Waals surface area (Å²) in [5.41, 5.74) is -2.72. The van der Waals surface area contributed by atoms with Crippen LogP contribution in [0.1, 0.15) is 25.0 Å². The number of halogens is 4. The Labute approximate surface area is 112 Å². The first-order valence-corrected chi connectivity index (χ1v) is 5.65. The SMILES string of the molecule is CC(C)(Cc1cc(Cl)c(O)cc1C(F)(F)F)C(=O)O. The van der Waals surface area contributed by atoms with E-state index in [2.05, 4.69) is 0 Å².